The van der Waals surface area contributed by atoms with Gasteiger partial charge in [0.25, 0.3) is 0 Å². The van der Waals surface area contributed by atoms with Gasteiger partial charge in [0.2, 0.25) is 0 Å². The van der Waals surface area contributed by atoms with Gasteiger partial charge in [0.15, 0.2) is 0 Å². The van der Waals surface area contributed by atoms with Crippen molar-refractivity contribution < 1.29 is 24.4 Å². The Morgan fingerprint density at radius 2 is 2.04 bits per heavy atom. The Labute approximate surface area is 139 Å². The SMILES string of the molecule is OCCOc1ccccc1-c1nccn1[C@H]1CO[C@H]2[C@@H]1OC[C@H]2O. The lowest BCUT2D eigenvalue weighted by Crippen LogP contribution is -2.30. The van der Waals surface area contributed by atoms with E-state index in [9.17, 15) is 5.11 Å². The topological polar surface area (TPSA) is 86.0 Å². The summed E-state index contributed by atoms with van der Waals surface area (Å²) in [5.41, 5.74) is 0.845. The average molecular weight is 332 g/mol. The highest BCUT2D eigenvalue weighted by Crippen LogP contribution is 2.38. The molecule has 0 radical (unpaired) electrons. The summed E-state index contributed by atoms with van der Waals surface area (Å²) in [6.45, 7) is 0.945. The highest BCUT2D eigenvalue weighted by molar-refractivity contribution is 5.64. The Kier molecular flexibility index (Phi) is 4.24. The number of rotatable bonds is 5. The van der Waals surface area contributed by atoms with Crippen LogP contribution in [0.15, 0.2) is 36.7 Å². The van der Waals surface area contributed by atoms with Gasteiger partial charge < -0.3 is 29.0 Å². The summed E-state index contributed by atoms with van der Waals surface area (Å²) >= 11 is 0. The Hall–Kier alpha value is -1.93. The van der Waals surface area contributed by atoms with E-state index in [0.29, 0.717) is 19.0 Å². The number of aromatic nitrogens is 2. The van der Waals surface area contributed by atoms with E-state index in [1.165, 1.54) is 0 Å². The summed E-state index contributed by atoms with van der Waals surface area (Å²) in [5.74, 6) is 1.42. The van der Waals surface area contributed by atoms with Crippen LogP contribution in [-0.4, -0.2) is 64.5 Å². The van der Waals surface area contributed by atoms with Crippen molar-refractivity contribution in [1.29, 1.82) is 0 Å². The van der Waals surface area contributed by atoms with Crippen molar-refractivity contribution in [2.45, 2.75) is 24.4 Å². The van der Waals surface area contributed by atoms with E-state index < -0.39 is 6.10 Å². The number of aliphatic hydroxyl groups excluding tert-OH is 2. The van der Waals surface area contributed by atoms with Crippen LogP contribution in [0.1, 0.15) is 6.04 Å². The molecule has 24 heavy (non-hydrogen) atoms. The first-order valence-corrected chi connectivity index (χ1v) is 8.06. The van der Waals surface area contributed by atoms with E-state index in [-0.39, 0.29) is 31.5 Å². The summed E-state index contributed by atoms with van der Waals surface area (Å²) in [7, 11) is 0. The van der Waals surface area contributed by atoms with E-state index in [2.05, 4.69) is 4.98 Å². The second-order valence-corrected chi connectivity index (χ2v) is 5.96. The Balaban J connectivity index is 1.67. The fraction of sp³-hybridized carbons (Fsp3) is 0.471. The minimum absolute atomic E-state index is 0.0458. The summed E-state index contributed by atoms with van der Waals surface area (Å²) in [5, 5.41) is 18.9. The van der Waals surface area contributed by atoms with Gasteiger partial charge in [0, 0.05) is 12.4 Å². The molecule has 0 aliphatic carbocycles. The molecule has 7 heteroatoms. The Morgan fingerprint density at radius 3 is 2.92 bits per heavy atom. The van der Waals surface area contributed by atoms with Crippen LogP contribution < -0.4 is 4.74 Å². The lowest BCUT2D eigenvalue weighted by Gasteiger charge is -2.20. The predicted octanol–water partition coefficient (Wildman–Crippen LogP) is 0.621. The van der Waals surface area contributed by atoms with E-state index >= 15 is 0 Å². The minimum atomic E-state index is -0.577. The molecule has 1 aromatic heterocycles. The monoisotopic (exact) mass is 332 g/mol. The third kappa shape index (κ3) is 2.59. The molecule has 7 nitrogen and oxygen atoms in total. The molecule has 0 unspecified atom stereocenters. The van der Waals surface area contributed by atoms with Crippen molar-refractivity contribution >= 4 is 0 Å². The van der Waals surface area contributed by atoms with Crippen molar-refractivity contribution in [3.8, 4) is 17.1 Å². The van der Waals surface area contributed by atoms with E-state index in [0.717, 1.165) is 11.4 Å². The number of fused-ring (bicyclic) bond motifs is 1. The van der Waals surface area contributed by atoms with Crippen molar-refractivity contribution in [3.05, 3.63) is 36.7 Å². The zero-order valence-electron chi connectivity index (χ0n) is 13.1. The molecule has 4 rings (SSSR count). The van der Waals surface area contributed by atoms with Gasteiger partial charge in [-0.05, 0) is 12.1 Å². The second-order valence-electron chi connectivity index (χ2n) is 5.96. The van der Waals surface area contributed by atoms with Gasteiger partial charge in [-0.2, -0.15) is 0 Å². The van der Waals surface area contributed by atoms with Crippen LogP contribution in [0.5, 0.6) is 5.75 Å². The van der Waals surface area contributed by atoms with Gasteiger partial charge in [-0.15, -0.1) is 0 Å². The molecule has 0 amide bonds. The fourth-order valence-corrected chi connectivity index (χ4v) is 3.42. The molecule has 128 valence electrons. The lowest BCUT2D eigenvalue weighted by molar-refractivity contribution is 0.0172. The molecule has 4 atom stereocenters. The van der Waals surface area contributed by atoms with Crippen LogP contribution in [0.25, 0.3) is 11.4 Å². The van der Waals surface area contributed by atoms with Gasteiger partial charge in [-0.1, -0.05) is 12.1 Å². The maximum Gasteiger partial charge on any atom is 0.144 e. The van der Waals surface area contributed by atoms with Gasteiger partial charge in [0.05, 0.1) is 31.4 Å². The summed E-state index contributed by atoms with van der Waals surface area (Å²) < 4.78 is 19.1. The van der Waals surface area contributed by atoms with Crippen LogP contribution >= 0.6 is 0 Å². The van der Waals surface area contributed by atoms with Crippen LogP contribution in [0.4, 0.5) is 0 Å². The molecule has 0 bridgehead atoms. The molecule has 2 saturated heterocycles. The number of hydrogen-bond acceptors (Lipinski definition) is 6. The number of nitrogens with zero attached hydrogens (tertiary/aromatic N) is 2. The molecular formula is C17H20N2O5. The largest absolute Gasteiger partial charge is 0.490 e. The number of aliphatic hydroxyl groups is 2. The summed E-state index contributed by atoms with van der Waals surface area (Å²) in [4.78, 5) is 4.48. The van der Waals surface area contributed by atoms with E-state index in [4.69, 9.17) is 19.3 Å². The highest BCUT2D eigenvalue weighted by Gasteiger charge is 2.48. The predicted molar refractivity (Wildman–Crippen MR) is 84.8 cm³/mol. The van der Waals surface area contributed by atoms with Gasteiger partial charge >= 0.3 is 0 Å². The van der Waals surface area contributed by atoms with Crippen LogP contribution in [-0.2, 0) is 9.47 Å². The molecule has 2 aliphatic rings. The standard InChI is InChI=1S/C17H20N2O5/c20-7-8-22-14-4-2-1-3-11(14)17-18-5-6-19(17)12-9-23-16-13(21)10-24-15(12)16/h1-6,12-13,15-16,20-21H,7-10H2/t12-,13+,15+,16+/m0/s1. The van der Waals surface area contributed by atoms with Crippen LogP contribution in [0, 0.1) is 0 Å². The van der Waals surface area contributed by atoms with Crippen molar-refractivity contribution in [1.82, 2.24) is 9.55 Å². The summed E-state index contributed by atoms with van der Waals surface area (Å²) in [6, 6.07) is 7.55. The zero-order chi connectivity index (χ0) is 16.5. The van der Waals surface area contributed by atoms with Crippen molar-refractivity contribution in [2.24, 2.45) is 0 Å². The minimum Gasteiger partial charge on any atom is -0.490 e. The number of imidazole rings is 1. The number of hydrogen-bond donors (Lipinski definition) is 2. The molecule has 0 spiro atoms. The van der Waals surface area contributed by atoms with E-state index in [1.807, 2.05) is 35.0 Å². The Bertz CT molecular complexity index is 704. The van der Waals surface area contributed by atoms with Gasteiger partial charge in [-0.3, -0.25) is 0 Å². The number of benzene rings is 1. The van der Waals surface area contributed by atoms with E-state index in [1.54, 1.807) is 6.20 Å². The van der Waals surface area contributed by atoms with Crippen molar-refractivity contribution in [3.63, 3.8) is 0 Å². The molecule has 2 fully saturated rings. The second kappa shape index (κ2) is 6.52. The molecule has 0 saturated carbocycles. The highest BCUT2D eigenvalue weighted by atomic mass is 16.6. The summed E-state index contributed by atoms with van der Waals surface area (Å²) in [6.07, 6.45) is 2.58. The molecule has 2 aromatic rings. The molecule has 3 heterocycles. The lowest BCUT2D eigenvalue weighted by atomic mass is 10.1. The third-order valence-corrected chi connectivity index (χ3v) is 4.50. The quantitative estimate of drug-likeness (QED) is 0.835. The third-order valence-electron chi connectivity index (χ3n) is 4.50. The molecule has 2 aliphatic heterocycles. The number of ether oxygens (including phenoxy) is 3. The van der Waals surface area contributed by atoms with Crippen LogP contribution in [0.2, 0.25) is 0 Å². The van der Waals surface area contributed by atoms with Crippen LogP contribution in [0.3, 0.4) is 0 Å². The maximum absolute atomic E-state index is 9.92. The maximum atomic E-state index is 9.92. The zero-order valence-corrected chi connectivity index (χ0v) is 13.1. The Morgan fingerprint density at radius 1 is 1.21 bits per heavy atom. The van der Waals surface area contributed by atoms with Crippen molar-refractivity contribution in [2.75, 3.05) is 26.4 Å². The molecule has 1 aromatic carbocycles. The van der Waals surface area contributed by atoms with Gasteiger partial charge in [0.1, 0.15) is 36.5 Å². The molecule has 2 N–H and O–H groups in total. The van der Waals surface area contributed by atoms with Gasteiger partial charge in [-0.25, -0.2) is 4.98 Å². The average Bonchev–Trinajstić information content (AvgIpc) is 3.31. The first kappa shape index (κ1) is 15.6. The normalized spacial score (nSPS) is 28.9. The fourth-order valence-electron chi connectivity index (χ4n) is 3.42. The first-order chi connectivity index (χ1) is 11.8. The number of para-hydroxylation sites is 1. The smallest absolute Gasteiger partial charge is 0.144 e. The molecular weight excluding hydrogens is 312 g/mol. The first-order valence-electron chi connectivity index (χ1n) is 8.06.